The smallest absolute Gasteiger partial charge is 0.309 e. The van der Waals surface area contributed by atoms with Crippen molar-refractivity contribution in [2.75, 3.05) is 32.8 Å². The third kappa shape index (κ3) is 5.08. The maximum Gasteiger partial charge on any atom is 0.309 e. The second-order valence-corrected chi connectivity index (χ2v) is 9.25. The van der Waals surface area contributed by atoms with Gasteiger partial charge in [0.25, 0.3) is 0 Å². The molecule has 4 rings (SSSR count). The molecule has 2 N–H and O–H groups in total. The Morgan fingerprint density at radius 3 is 2.38 bits per heavy atom. The minimum Gasteiger partial charge on any atom is -0.490 e. The van der Waals surface area contributed by atoms with Gasteiger partial charge in [0.2, 0.25) is 0 Å². The third-order valence-corrected chi connectivity index (χ3v) is 7.30. The molecule has 6 heteroatoms. The summed E-state index contributed by atoms with van der Waals surface area (Å²) in [4.78, 5) is 15.4. The molecule has 6 nitrogen and oxygen atoms in total. The largest absolute Gasteiger partial charge is 0.490 e. The fourth-order valence-electron chi connectivity index (χ4n) is 5.66. The average Bonchev–Trinajstić information content (AvgIpc) is 2.86. The lowest BCUT2D eigenvalue weighted by Gasteiger charge is -2.51. The number of benzene rings is 2. The molecule has 34 heavy (non-hydrogen) atoms. The maximum absolute atomic E-state index is 12.9. The summed E-state index contributed by atoms with van der Waals surface area (Å²) in [5, 5.41) is 0. The van der Waals surface area contributed by atoms with Crippen molar-refractivity contribution in [1.29, 1.82) is 0 Å². The topological polar surface area (TPSA) is 74.0 Å². The first-order valence-electron chi connectivity index (χ1n) is 12.7. The van der Waals surface area contributed by atoms with Crippen LogP contribution in [0.5, 0.6) is 11.5 Å². The maximum atomic E-state index is 12.9. The zero-order chi connectivity index (χ0) is 24.0. The van der Waals surface area contributed by atoms with Gasteiger partial charge in [0.15, 0.2) is 11.5 Å². The highest BCUT2D eigenvalue weighted by Crippen LogP contribution is 2.50. The molecule has 0 saturated heterocycles. The van der Waals surface area contributed by atoms with E-state index < -0.39 is 0 Å². The van der Waals surface area contributed by atoms with Crippen molar-refractivity contribution in [3.05, 3.63) is 59.2 Å². The minimum absolute atomic E-state index is 0.0616. The van der Waals surface area contributed by atoms with E-state index in [-0.39, 0.29) is 17.4 Å². The summed E-state index contributed by atoms with van der Waals surface area (Å²) in [6.45, 7) is 7.96. The number of fused-ring (bicyclic) bond motifs is 2. The van der Waals surface area contributed by atoms with Gasteiger partial charge >= 0.3 is 5.97 Å². The summed E-state index contributed by atoms with van der Waals surface area (Å²) < 4.78 is 17.5. The fraction of sp³-hybridized carbons (Fsp3) is 0.536. The first-order chi connectivity index (χ1) is 16.6. The predicted octanol–water partition coefficient (Wildman–Crippen LogP) is 4.43. The molecule has 0 amide bonds. The number of nitrogens with zero attached hydrogens (tertiary/aromatic N) is 1. The summed E-state index contributed by atoms with van der Waals surface area (Å²) in [7, 11) is 0. The standard InChI is InChI=1S/C28H38N2O4/c1-3-32-25-18-23-12-16-30(17-15-29)28(24(23)19-26(25)33-4-2)13-10-22(11-14-28)27(31)34-20-21-8-6-5-7-9-21/h5-9,18-19,22H,3-4,10-17,20,29H2,1-2H3. The second-order valence-electron chi connectivity index (χ2n) is 9.25. The van der Waals surface area contributed by atoms with Crippen LogP contribution in [0, 0.1) is 5.92 Å². The Bertz CT molecular complexity index is 954. The second kappa shape index (κ2) is 11.2. The van der Waals surface area contributed by atoms with E-state index >= 15 is 0 Å². The highest BCUT2D eigenvalue weighted by Gasteiger charge is 2.46. The van der Waals surface area contributed by atoms with E-state index in [4.69, 9.17) is 19.9 Å². The van der Waals surface area contributed by atoms with Gasteiger partial charge in [0.1, 0.15) is 6.61 Å². The van der Waals surface area contributed by atoms with E-state index in [9.17, 15) is 4.79 Å². The van der Waals surface area contributed by atoms with Gasteiger partial charge in [-0.25, -0.2) is 0 Å². The summed E-state index contributed by atoms with van der Waals surface area (Å²) in [6, 6.07) is 14.2. The van der Waals surface area contributed by atoms with Crippen LogP contribution in [0.2, 0.25) is 0 Å². The Hall–Kier alpha value is -2.57. The average molecular weight is 467 g/mol. The molecule has 0 atom stereocenters. The summed E-state index contributed by atoms with van der Waals surface area (Å²) in [5.74, 6) is 1.49. The lowest BCUT2D eigenvalue weighted by atomic mass is 9.68. The lowest BCUT2D eigenvalue weighted by molar-refractivity contribution is -0.152. The molecule has 0 aromatic heterocycles. The number of nitrogens with two attached hydrogens (primary N) is 1. The highest BCUT2D eigenvalue weighted by atomic mass is 16.5. The Morgan fingerprint density at radius 2 is 1.74 bits per heavy atom. The van der Waals surface area contributed by atoms with Crippen LogP contribution in [0.1, 0.15) is 56.2 Å². The first kappa shape index (κ1) is 24.6. The zero-order valence-electron chi connectivity index (χ0n) is 20.6. The molecule has 1 aliphatic carbocycles. The number of esters is 1. The molecule has 2 aromatic carbocycles. The van der Waals surface area contributed by atoms with Gasteiger partial charge in [-0.2, -0.15) is 0 Å². The van der Waals surface area contributed by atoms with E-state index in [1.807, 2.05) is 44.2 Å². The van der Waals surface area contributed by atoms with Gasteiger partial charge in [0, 0.05) is 25.2 Å². The quantitative estimate of drug-likeness (QED) is 0.551. The Labute approximate surface area is 203 Å². The van der Waals surface area contributed by atoms with E-state index in [1.165, 1.54) is 11.1 Å². The van der Waals surface area contributed by atoms with Crippen molar-refractivity contribution >= 4 is 5.97 Å². The summed E-state index contributed by atoms with van der Waals surface area (Å²) >= 11 is 0. The van der Waals surface area contributed by atoms with Gasteiger partial charge < -0.3 is 19.9 Å². The molecule has 1 heterocycles. The van der Waals surface area contributed by atoms with Gasteiger partial charge in [0.05, 0.1) is 19.1 Å². The zero-order valence-corrected chi connectivity index (χ0v) is 20.6. The number of rotatable bonds is 9. The molecule has 1 spiro atoms. The molecular weight excluding hydrogens is 428 g/mol. The number of ether oxygens (including phenoxy) is 3. The fourth-order valence-corrected chi connectivity index (χ4v) is 5.66. The van der Waals surface area contributed by atoms with Crippen molar-refractivity contribution in [3.8, 4) is 11.5 Å². The van der Waals surface area contributed by atoms with Crippen molar-refractivity contribution in [1.82, 2.24) is 4.90 Å². The molecule has 2 aliphatic rings. The number of hydrogen-bond donors (Lipinski definition) is 1. The summed E-state index contributed by atoms with van der Waals surface area (Å²) in [6.07, 6.45) is 4.40. The number of carbonyl (C=O) groups is 1. The van der Waals surface area contributed by atoms with Gasteiger partial charge in [-0.3, -0.25) is 9.69 Å². The minimum atomic E-state index is -0.125. The van der Waals surface area contributed by atoms with Crippen LogP contribution in [0.4, 0.5) is 0 Å². The van der Waals surface area contributed by atoms with Gasteiger partial charge in [-0.15, -0.1) is 0 Å². The molecule has 184 valence electrons. The van der Waals surface area contributed by atoms with E-state index in [0.29, 0.717) is 26.4 Å². The Kier molecular flexibility index (Phi) is 8.11. The van der Waals surface area contributed by atoms with Gasteiger partial charge in [-0.1, -0.05) is 30.3 Å². The molecule has 2 aromatic rings. The number of carbonyl (C=O) groups excluding carboxylic acids is 1. The van der Waals surface area contributed by atoms with Crippen LogP contribution in [0.25, 0.3) is 0 Å². The highest BCUT2D eigenvalue weighted by molar-refractivity contribution is 5.72. The van der Waals surface area contributed by atoms with Crippen LogP contribution in [0.3, 0.4) is 0 Å². The van der Waals surface area contributed by atoms with Crippen LogP contribution in [-0.4, -0.2) is 43.7 Å². The summed E-state index contributed by atoms with van der Waals surface area (Å²) in [5.41, 5.74) is 9.55. The lowest BCUT2D eigenvalue weighted by Crippen LogP contribution is -2.54. The first-order valence-corrected chi connectivity index (χ1v) is 12.7. The Balaban J connectivity index is 1.54. The molecular formula is C28H38N2O4. The van der Waals surface area contributed by atoms with Gasteiger partial charge in [-0.05, 0) is 74.8 Å². The monoisotopic (exact) mass is 466 g/mol. The number of hydrogen-bond acceptors (Lipinski definition) is 6. The van der Waals surface area contributed by atoms with Crippen LogP contribution >= 0.6 is 0 Å². The predicted molar refractivity (Wildman–Crippen MR) is 133 cm³/mol. The third-order valence-electron chi connectivity index (χ3n) is 7.30. The van der Waals surface area contributed by atoms with Crippen molar-refractivity contribution in [2.24, 2.45) is 11.7 Å². The van der Waals surface area contributed by atoms with E-state index in [2.05, 4.69) is 17.0 Å². The molecule has 0 radical (unpaired) electrons. The van der Waals surface area contributed by atoms with Crippen molar-refractivity contribution < 1.29 is 19.0 Å². The SMILES string of the molecule is CCOc1cc2c(cc1OCC)C1(CCC(C(=O)OCc3ccccc3)CC1)N(CCN)CC2. The van der Waals surface area contributed by atoms with Crippen molar-refractivity contribution in [2.45, 2.75) is 58.1 Å². The Morgan fingerprint density at radius 1 is 1.06 bits per heavy atom. The molecule has 1 fully saturated rings. The van der Waals surface area contributed by atoms with Crippen LogP contribution < -0.4 is 15.2 Å². The van der Waals surface area contributed by atoms with E-state index in [1.54, 1.807) is 0 Å². The van der Waals surface area contributed by atoms with Crippen LogP contribution in [0.15, 0.2) is 42.5 Å². The molecule has 1 aliphatic heterocycles. The van der Waals surface area contributed by atoms with Crippen molar-refractivity contribution in [3.63, 3.8) is 0 Å². The normalized spacial score (nSPS) is 22.3. The molecule has 0 bridgehead atoms. The molecule has 0 unspecified atom stereocenters. The molecule has 1 saturated carbocycles. The van der Waals surface area contributed by atoms with Crippen LogP contribution in [-0.2, 0) is 28.1 Å². The van der Waals surface area contributed by atoms with E-state index in [0.717, 1.165) is 62.3 Å².